The monoisotopic (exact) mass is 379 g/mol. The summed E-state index contributed by atoms with van der Waals surface area (Å²) in [5.41, 5.74) is 5.38. The summed E-state index contributed by atoms with van der Waals surface area (Å²) in [6.45, 7) is 0.162. The van der Waals surface area contributed by atoms with Crippen LogP contribution in [0.1, 0.15) is 29.7 Å². The summed E-state index contributed by atoms with van der Waals surface area (Å²) >= 11 is 6.16. The van der Waals surface area contributed by atoms with Crippen LogP contribution in [0.4, 0.5) is 11.5 Å². The molecule has 2 N–H and O–H groups in total. The first kappa shape index (κ1) is 18.0. The van der Waals surface area contributed by atoms with E-state index in [1.54, 1.807) is 0 Å². The van der Waals surface area contributed by atoms with Crippen molar-refractivity contribution in [2.24, 2.45) is 0 Å². The maximum Gasteiger partial charge on any atom is 0.161 e. The van der Waals surface area contributed by atoms with E-state index in [1.165, 1.54) is 5.56 Å². The highest BCUT2D eigenvalue weighted by molar-refractivity contribution is 6.30. The molecule has 138 valence electrons. The molecule has 0 amide bonds. The van der Waals surface area contributed by atoms with E-state index in [0.717, 1.165) is 54.0 Å². The molecule has 0 spiro atoms. The Morgan fingerprint density at radius 1 is 1.00 bits per heavy atom. The first-order chi connectivity index (χ1) is 13.2. The number of fused-ring (bicyclic) bond motifs is 1. The second-order valence-electron chi connectivity index (χ2n) is 6.83. The molecule has 0 saturated carbocycles. The molecule has 27 heavy (non-hydrogen) atoms. The quantitative estimate of drug-likeness (QED) is 0.658. The molecule has 0 fully saturated rings. The molecule has 1 aromatic heterocycles. The maximum absolute atomic E-state index is 9.07. The summed E-state index contributed by atoms with van der Waals surface area (Å²) in [5.74, 6) is 1.59. The zero-order chi connectivity index (χ0) is 18.6. The lowest BCUT2D eigenvalue weighted by Crippen LogP contribution is -2.12. The van der Waals surface area contributed by atoms with Gasteiger partial charge >= 0.3 is 0 Å². The van der Waals surface area contributed by atoms with Crippen LogP contribution in [0.15, 0.2) is 48.5 Å². The van der Waals surface area contributed by atoms with E-state index < -0.39 is 0 Å². The molecule has 1 aliphatic rings. The highest BCUT2D eigenvalue weighted by Crippen LogP contribution is 2.31. The number of nitrogens with one attached hydrogen (secondary N) is 1. The number of benzene rings is 2. The Morgan fingerprint density at radius 2 is 1.81 bits per heavy atom. The third-order valence-corrected chi connectivity index (χ3v) is 5.12. The largest absolute Gasteiger partial charge is 0.396 e. The minimum atomic E-state index is 0.162. The van der Waals surface area contributed by atoms with Gasteiger partial charge in [-0.2, -0.15) is 0 Å². The van der Waals surface area contributed by atoms with E-state index in [-0.39, 0.29) is 6.61 Å². The standard InChI is InChI=1S/C22H22ClN3O/c23-17-5-3-4-16(14-17)21-25-20-7-2-1-6-19(20)22(26-21)24-18-10-8-15(9-11-18)12-13-27/h3-5,8-11,14,27H,1-2,6-7,12-13H2,(H,24,25,26). The Hall–Kier alpha value is -2.43. The summed E-state index contributed by atoms with van der Waals surface area (Å²) in [7, 11) is 0. The van der Waals surface area contributed by atoms with Crippen LogP contribution in [0, 0.1) is 0 Å². The van der Waals surface area contributed by atoms with Crippen LogP contribution in [-0.4, -0.2) is 21.7 Å². The lowest BCUT2D eigenvalue weighted by molar-refractivity contribution is 0.299. The second-order valence-corrected chi connectivity index (χ2v) is 7.27. The number of rotatable bonds is 5. The number of hydrogen-bond donors (Lipinski definition) is 2. The predicted molar refractivity (Wildman–Crippen MR) is 110 cm³/mol. The lowest BCUT2D eigenvalue weighted by atomic mass is 9.96. The summed E-state index contributed by atoms with van der Waals surface area (Å²) in [4.78, 5) is 9.66. The van der Waals surface area contributed by atoms with Crippen molar-refractivity contribution < 1.29 is 5.11 Å². The van der Waals surface area contributed by atoms with Crippen molar-refractivity contribution in [3.05, 3.63) is 70.4 Å². The van der Waals surface area contributed by atoms with Gasteiger partial charge in [-0.25, -0.2) is 9.97 Å². The zero-order valence-corrected chi connectivity index (χ0v) is 15.8. The molecule has 1 heterocycles. The van der Waals surface area contributed by atoms with Gasteiger partial charge in [-0.3, -0.25) is 0 Å². The molecule has 0 bridgehead atoms. The fourth-order valence-electron chi connectivity index (χ4n) is 3.47. The summed E-state index contributed by atoms with van der Waals surface area (Å²) < 4.78 is 0. The topological polar surface area (TPSA) is 58.0 Å². The maximum atomic E-state index is 9.07. The number of hydrogen-bond acceptors (Lipinski definition) is 4. The van der Waals surface area contributed by atoms with Gasteiger partial charge in [-0.1, -0.05) is 35.9 Å². The fraction of sp³-hybridized carbons (Fsp3) is 0.273. The zero-order valence-electron chi connectivity index (χ0n) is 15.1. The molecule has 0 atom stereocenters. The van der Waals surface area contributed by atoms with Crippen LogP contribution in [0.5, 0.6) is 0 Å². The van der Waals surface area contributed by atoms with Crippen LogP contribution in [0.25, 0.3) is 11.4 Å². The van der Waals surface area contributed by atoms with Gasteiger partial charge in [-0.15, -0.1) is 0 Å². The molecule has 3 aromatic rings. The van der Waals surface area contributed by atoms with Crippen LogP contribution < -0.4 is 5.32 Å². The van der Waals surface area contributed by atoms with Crippen LogP contribution in [0.2, 0.25) is 5.02 Å². The fourth-order valence-corrected chi connectivity index (χ4v) is 3.66. The number of halogens is 1. The second kappa shape index (κ2) is 8.07. The molecule has 0 unspecified atom stereocenters. The summed E-state index contributed by atoms with van der Waals surface area (Å²) in [6.07, 6.45) is 4.97. The van der Waals surface area contributed by atoms with E-state index in [1.807, 2.05) is 48.5 Å². The normalized spacial score (nSPS) is 13.3. The van der Waals surface area contributed by atoms with Gasteiger partial charge in [0, 0.05) is 34.1 Å². The Bertz CT molecular complexity index is 941. The molecular formula is C22H22ClN3O. The molecule has 0 saturated heterocycles. The Balaban J connectivity index is 1.71. The third kappa shape index (κ3) is 4.12. The first-order valence-electron chi connectivity index (χ1n) is 9.35. The van der Waals surface area contributed by atoms with E-state index >= 15 is 0 Å². The molecule has 5 heteroatoms. The van der Waals surface area contributed by atoms with Crippen molar-refractivity contribution in [3.8, 4) is 11.4 Å². The van der Waals surface area contributed by atoms with Crippen molar-refractivity contribution in [2.75, 3.05) is 11.9 Å². The van der Waals surface area contributed by atoms with Crippen LogP contribution in [0.3, 0.4) is 0 Å². The summed E-state index contributed by atoms with van der Waals surface area (Å²) in [5, 5.41) is 13.2. The number of aliphatic hydroxyl groups excluding tert-OH is 1. The average molecular weight is 380 g/mol. The van der Waals surface area contributed by atoms with E-state index in [4.69, 9.17) is 26.7 Å². The molecule has 2 aromatic carbocycles. The van der Waals surface area contributed by atoms with E-state index in [2.05, 4.69) is 5.32 Å². The molecular weight excluding hydrogens is 358 g/mol. The van der Waals surface area contributed by atoms with E-state index in [9.17, 15) is 0 Å². The van der Waals surface area contributed by atoms with Crippen LogP contribution in [-0.2, 0) is 19.3 Å². The highest BCUT2D eigenvalue weighted by atomic mass is 35.5. The van der Waals surface area contributed by atoms with Gasteiger partial charge in [0.05, 0.1) is 0 Å². The number of aromatic nitrogens is 2. The van der Waals surface area contributed by atoms with Gasteiger partial charge in [-0.05, 0) is 61.9 Å². The molecule has 0 aliphatic heterocycles. The van der Waals surface area contributed by atoms with Crippen molar-refractivity contribution >= 4 is 23.1 Å². The average Bonchev–Trinajstić information content (AvgIpc) is 2.69. The SMILES string of the molecule is OCCc1ccc(Nc2nc(-c3cccc(Cl)c3)nc3c2CCCC3)cc1. The Kier molecular flexibility index (Phi) is 5.37. The van der Waals surface area contributed by atoms with Crippen LogP contribution >= 0.6 is 11.6 Å². The van der Waals surface area contributed by atoms with Crippen molar-refractivity contribution in [1.29, 1.82) is 0 Å². The van der Waals surface area contributed by atoms with Gasteiger partial charge in [0.25, 0.3) is 0 Å². The van der Waals surface area contributed by atoms with Gasteiger partial charge < -0.3 is 10.4 Å². The lowest BCUT2D eigenvalue weighted by Gasteiger charge is -2.20. The molecule has 0 radical (unpaired) electrons. The summed E-state index contributed by atoms with van der Waals surface area (Å²) in [6, 6.07) is 15.8. The number of aliphatic hydroxyl groups is 1. The number of nitrogens with zero attached hydrogens (tertiary/aromatic N) is 2. The van der Waals surface area contributed by atoms with Gasteiger partial charge in [0.2, 0.25) is 0 Å². The minimum Gasteiger partial charge on any atom is -0.396 e. The number of anilines is 2. The van der Waals surface area contributed by atoms with Crippen molar-refractivity contribution in [2.45, 2.75) is 32.1 Å². The van der Waals surface area contributed by atoms with Crippen molar-refractivity contribution in [1.82, 2.24) is 9.97 Å². The minimum absolute atomic E-state index is 0.162. The first-order valence-corrected chi connectivity index (χ1v) is 9.73. The number of aryl methyl sites for hydroxylation is 1. The molecule has 4 rings (SSSR count). The molecule has 1 aliphatic carbocycles. The van der Waals surface area contributed by atoms with Crippen molar-refractivity contribution in [3.63, 3.8) is 0 Å². The predicted octanol–water partition coefficient (Wildman–Crippen LogP) is 4.95. The molecule has 4 nitrogen and oxygen atoms in total. The smallest absolute Gasteiger partial charge is 0.161 e. The Labute approximate surface area is 164 Å². The van der Waals surface area contributed by atoms with Gasteiger partial charge in [0.15, 0.2) is 5.82 Å². The Morgan fingerprint density at radius 3 is 2.59 bits per heavy atom. The van der Waals surface area contributed by atoms with Gasteiger partial charge in [0.1, 0.15) is 5.82 Å². The highest BCUT2D eigenvalue weighted by Gasteiger charge is 2.19. The third-order valence-electron chi connectivity index (χ3n) is 4.88. The van der Waals surface area contributed by atoms with E-state index in [0.29, 0.717) is 17.3 Å².